The second kappa shape index (κ2) is 5.78. The Balaban J connectivity index is 1.60. The lowest BCUT2D eigenvalue weighted by Crippen LogP contribution is -2.49. The van der Waals surface area contributed by atoms with Crippen LogP contribution in [-0.2, 0) is 0 Å². The fourth-order valence-electron chi connectivity index (χ4n) is 7.60. The summed E-state index contributed by atoms with van der Waals surface area (Å²) in [4.78, 5) is 0. The van der Waals surface area contributed by atoms with Crippen LogP contribution < -0.4 is 0 Å². The van der Waals surface area contributed by atoms with Crippen molar-refractivity contribution >= 4 is 0 Å². The molecule has 0 saturated heterocycles. The van der Waals surface area contributed by atoms with E-state index >= 15 is 0 Å². The summed E-state index contributed by atoms with van der Waals surface area (Å²) in [7, 11) is 0. The second-order valence-corrected chi connectivity index (χ2v) is 9.65. The first-order valence-electron chi connectivity index (χ1n) is 10.4. The molecule has 23 heavy (non-hydrogen) atoms. The Morgan fingerprint density at radius 3 is 2.83 bits per heavy atom. The van der Waals surface area contributed by atoms with Crippen LogP contribution in [0, 0.1) is 34.5 Å². The molecular weight excluding hydrogens is 276 g/mol. The average molecular weight is 313 g/mol. The van der Waals surface area contributed by atoms with Gasteiger partial charge >= 0.3 is 0 Å². The normalized spacial score (nSPS) is 48.9. The highest BCUT2D eigenvalue weighted by Crippen LogP contribution is 2.66. The molecule has 6 atom stereocenters. The zero-order valence-corrected chi connectivity index (χ0v) is 15.4. The summed E-state index contributed by atoms with van der Waals surface area (Å²) in [6.45, 7) is 9.26. The van der Waals surface area contributed by atoms with Crippen molar-refractivity contribution < 1.29 is 0 Å². The van der Waals surface area contributed by atoms with E-state index in [0.29, 0.717) is 10.8 Å². The van der Waals surface area contributed by atoms with Gasteiger partial charge in [0.2, 0.25) is 0 Å². The molecule has 0 spiro atoms. The quantitative estimate of drug-likeness (QED) is 0.496. The van der Waals surface area contributed by atoms with Crippen molar-refractivity contribution in [3.05, 3.63) is 24.3 Å². The summed E-state index contributed by atoms with van der Waals surface area (Å²) < 4.78 is 0. The molecule has 0 radical (unpaired) electrons. The summed E-state index contributed by atoms with van der Waals surface area (Å²) >= 11 is 0. The predicted octanol–water partition coefficient (Wildman–Crippen LogP) is 6.92. The Hall–Kier alpha value is -0.520. The molecule has 3 saturated carbocycles. The molecule has 0 aromatic heterocycles. The van der Waals surface area contributed by atoms with E-state index < -0.39 is 0 Å². The molecule has 0 aromatic carbocycles. The monoisotopic (exact) mass is 312 g/mol. The van der Waals surface area contributed by atoms with Crippen molar-refractivity contribution in [3.63, 3.8) is 0 Å². The van der Waals surface area contributed by atoms with Gasteiger partial charge in [-0.05, 0) is 98.7 Å². The third-order valence-electron chi connectivity index (χ3n) is 8.93. The van der Waals surface area contributed by atoms with Crippen LogP contribution in [0.25, 0.3) is 0 Å². The highest BCUT2D eigenvalue weighted by Gasteiger charge is 2.57. The lowest BCUT2D eigenvalue weighted by atomic mass is 9.47. The maximum absolute atomic E-state index is 3.96. The molecule has 0 nitrogen and oxygen atoms in total. The molecule has 4 rings (SSSR count). The number of fused-ring (bicyclic) bond motifs is 5. The SMILES string of the molecule is C=CCCC1CC[C@H]2[C@@H]3CC=C4CCCC[C@]4(C)[C@@H]3CC[C@]12C. The minimum Gasteiger partial charge on any atom is -0.103 e. The van der Waals surface area contributed by atoms with E-state index in [4.69, 9.17) is 0 Å². The number of hydrogen-bond donors (Lipinski definition) is 0. The van der Waals surface area contributed by atoms with Crippen LogP contribution in [0.1, 0.15) is 84.5 Å². The summed E-state index contributed by atoms with van der Waals surface area (Å²) in [6, 6.07) is 0. The molecule has 128 valence electrons. The molecule has 4 aliphatic rings. The zero-order chi connectivity index (χ0) is 16.1. The predicted molar refractivity (Wildman–Crippen MR) is 99.2 cm³/mol. The van der Waals surface area contributed by atoms with Crippen molar-refractivity contribution in [3.8, 4) is 0 Å². The lowest BCUT2D eigenvalue weighted by Gasteiger charge is -2.57. The molecule has 4 aliphatic carbocycles. The minimum absolute atomic E-state index is 0.571. The van der Waals surface area contributed by atoms with Crippen LogP contribution in [0.3, 0.4) is 0 Å². The maximum atomic E-state index is 3.96. The highest BCUT2D eigenvalue weighted by atomic mass is 14.6. The Labute approximate surface area is 143 Å². The first-order valence-corrected chi connectivity index (χ1v) is 10.4. The number of rotatable bonds is 3. The van der Waals surface area contributed by atoms with Gasteiger partial charge in [-0.25, -0.2) is 0 Å². The standard InChI is InChI=1S/C23H36/c1-4-5-8-17-11-13-20-19-12-10-18-9-6-7-15-22(18,2)21(19)14-16-23(17,20)3/h4,10,17,19-21H,1,5-9,11-16H2,2-3H3/t17?,19-,20-,21+,22-,23+/m0/s1. The third kappa shape index (κ3) is 2.30. The van der Waals surface area contributed by atoms with Gasteiger partial charge in [-0.15, -0.1) is 6.58 Å². The van der Waals surface area contributed by atoms with E-state index in [1.807, 2.05) is 5.57 Å². The van der Waals surface area contributed by atoms with E-state index in [1.165, 1.54) is 70.6 Å². The molecule has 1 unspecified atom stereocenters. The van der Waals surface area contributed by atoms with Crippen LogP contribution in [-0.4, -0.2) is 0 Å². The van der Waals surface area contributed by atoms with Crippen LogP contribution in [0.5, 0.6) is 0 Å². The molecule has 0 aromatic rings. The maximum Gasteiger partial charge on any atom is -0.00853 e. The van der Waals surface area contributed by atoms with Gasteiger partial charge in [0.05, 0.1) is 0 Å². The molecule has 0 aliphatic heterocycles. The fourth-order valence-corrected chi connectivity index (χ4v) is 7.60. The fraction of sp³-hybridized carbons (Fsp3) is 0.826. The second-order valence-electron chi connectivity index (χ2n) is 9.65. The molecule has 0 N–H and O–H groups in total. The summed E-state index contributed by atoms with van der Waals surface area (Å²) in [5.74, 6) is 3.97. The van der Waals surface area contributed by atoms with Gasteiger partial charge in [-0.3, -0.25) is 0 Å². The van der Waals surface area contributed by atoms with Gasteiger partial charge in [0.1, 0.15) is 0 Å². The topological polar surface area (TPSA) is 0 Å². The summed E-state index contributed by atoms with van der Waals surface area (Å²) in [6.07, 6.45) is 20.7. The average Bonchev–Trinajstić information content (AvgIpc) is 2.89. The van der Waals surface area contributed by atoms with Crippen LogP contribution in [0.4, 0.5) is 0 Å². The lowest BCUT2D eigenvalue weighted by molar-refractivity contribution is -0.0420. The van der Waals surface area contributed by atoms with Crippen LogP contribution in [0.15, 0.2) is 24.3 Å². The van der Waals surface area contributed by atoms with E-state index in [1.54, 1.807) is 0 Å². The van der Waals surface area contributed by atoms with Crippen LogP contribution in [0.2, 0.25) is 0 Å². The van der Waals surface area contributed by atoms with E-state index in [9.17, 15) is 0 Å². The van der Waals surface area contributed by atoms with Crippen molar-refractivity contribution in [2.24, 2.45) is 34.5 Å². The smallest absolute Gasteiger partial charge is 0.00853 e. The van der Waals surface area contributed by atoms with Gasteiger partial charge in [0.15, 0.2) is 0 Å². The largest absolute Gasteiger partial charge is 0.103 e. The first-order chi connectivity index (χ1) is 11.1. The van der Waals surface area contributed by atoms with E-state index in [2.05, 4.69) is 32.6 Å². The summed E-state index contributed by atoms with van der Waals surface area (Å²) in [5.41, 5.74) is 3.07. The van der Waals surface area contributed by atoms with Gasteiger partial charge < -0.3 is 0 Å². The highest BCUT2D eigenvalue weighted by molar-refractivity contribution is 5.24. The Morgan fingerprint density at radius 1 is 1.13 bits per heavy atom. The van der Waals surface area contributed by atoms with Crippen molar-refractivity contribution in [1.82, 2.24) is 0 Å². The number of hydrogen-bond acceptors (Lipinski definition) is 0. The number of allylic oxidation sites excluding steroid dienone is 3. The Morgan fingerprint density at radius 2 is 2.00 bits per heavy atom. The van der Waals surface area contributed by atoms with Gasteiger partial charge in [-0.2, -0.15) is 0 Å². The molecule has 0 amide bonds. The molecular formula is C23H36. The van der Waals surface area contributed by atoms with Crippen LogP contribution >= 0.6 is 0 Å². The van der Waals surface area contributed by atoms with Gasteiger partial charge in [-0.1, -0.05) is 38.0 Å². The summed E-state index contributed by atoms with van der Waals surface area (Å²) in [5, 5.41) is 0. The zero-order valence-electron chi connectivity index (χ0n) is 15.4. The van der Waals surface area contributed by atoms with Crippen molar-refractivity contribution in [2.75, 3.05) is 0 Å². The molecule has 3 fully saturated rings. The van der Waals surface area contributed by atoms with Gasteiger partial charge in [0, 0.05) is 0 Å². The van der Waals surface area contributed by atoms with Crippen molar-refractivity contribution in [1.29, 1.82) is 0 Å². The molecule has 0 bridgehead atoms. The first kappa shape index (κ1) is 16.0. The molecule has 0 heterocycles. The van der Waals surface area contributed by atoms with Gasteiger partial charge in [0.25, 0.3) is 0 Å². The minimum atomic E-state index is 0.571. The Bertz CT molecular complexity index is 500. The van der Waals surface area contributed by atoms with E-state index in [-0.39, 0.29) is 0 Å². The molecule has 0 heteroatoms. The third-order valence-corrected chi connectivity index (χ3v) is 8.93. The van der Waals surface area contributed by atoms with E-state index in [0.717, 1.165) is 23.7 Å². The Kier molecular flexibility index (Phi) is 4.01. The van der Waals surface area contributed by atoms with Crippen molar-refractivity contribution in [2.45, 2.75) is 84.5 Å².